The first-order chi connectivity index (χ1) is 13.8. The van der Waals surface area contributed by atoms with E-state index in [1.54, 1.807) is 49.4 Å². The molecule has 0 spiro atoms. The average Bonchev–Trinajstić information content (AvgIpc) is 2.69. The van der Waals surface area contributed by atoms with Crippen LogP contribution in [-0.4, -0.2) is 25.4 Å². The van der Waals surface area contributed by atoms with Crippen LogP contribution < -0.4 is 14.8 Å². The van der Waals surface area contributed by atoms with Gasteiger partial charge in [-0.3, -0.25) is 9.52 Å². The van der Waals surface area contributed by atoms with E-state index in [4.69, 9.17) is 16.3 Å². The van der Waals surface area contributed by atoms with Crippen LogP contribution in [0.5, 0.6) is 5.75 Å². The molecule has 0 saturated heterocycles. The Balaban J connectivity index is 1.63. The summed E-state index contributed by atoms with van der Waals surface area (Å²) in [4.78, 5) is 16.3. The molecule has 1 aromatic heterocycles. The summed E-state index contributed by atoms with van der Waals surface area (Å²) in [6, 6.07) is 17.4. The predicted molar refractivity (Wildman–Crippen MR) is 112 cm³/mol. The van der Waals surface area contributed by atoms with Crippen LogP contribution in [0, 0.1) is 0 Å². The van der Waals surface area contributed by atoms with E-state index in [-0.39, 0.29) is 16.6 Å². The molecule has 3 aromatic rings. The van der Waals surface area contributed by atoms with Gasteiger partial charge >= 0.3 is 0 Å². The second-order valence-electron chi connectivity index (χ2n) is 6.05. The Labute approximate surface area is 173 Å². The van der Waals surface area contributed by atoms with Crippen molar-refractivity contribution in [1.82, 2.24) is 4.98 Å². The number of benzene rings is 2. The van der Waals surface area contributed by atoms with Crippen molar-refractivity contribution < 1.29 is 17.9 Å². The van der Waals surface area contributed by atoms with E-state index < -0.39 is 16.1 Å². The van der Waals surface area contributed by atoms with Crippen molar-refractivity contribution in [2.24, 2.45) is 0 Å². The predicted octanol–water partition coefficient (Wildman–Crippen LogP) is 3.94. The van der Waals surface area contributed by atoms with E-state index in [1.165, 1.54) is 30.5 Å². The molecule has 0 aliphatic carbocycles. The fraction of sp³-hybridized carbons (Fsp3) is 0.100. The van der Waals surface area contributed by atoms with E-state index >= 15 is 0 Å². The van der Waals surface area contributed by atoms with Crippen molar-refractivity contribution in [3.63, 3.8) is 0 Å². The summed E-state index contributed by atoms with van der Waals surface area (Å²) in [6.07, 6.45) is 0.714. The number of amides is 1. The van der Waals surface area contributed by atoms with Gasteiger partial charge in [-0.15, -0.1) is 0 Å². The molecule has 2 aromatic carbocycles. The SMILES string of the molecule is C[C@H](Oc1cccc(Cl)c1)C(=O)Nc1ccc(S(=O)(=O)Nc2ccccn2)cc1. The van der Waals surface area contributed by atoms with Gasteiger partial charge in [0.15, 0.2) is 6.10 Å². The molecule has 1 atom stereocenters. The summed E-state index contributed by atoms with van der Waals surface area (Å²) in [6.45, 7) is 1.60. The lowest BCUT2D eigenvalue weighted by molar-refractivity contribution is -0.122. The Morgan fingerprint density at radius 3 is 2.48 bits per heavy atom. The van der Waals surface area contributed by atoms with Crippen molar-refractivity contribution in [2.75, 3.05) is 10.0 Å². The second kappa shape index (κ2) is 8.93. The molecule has 3 rings (SSSR count). The van der Waals surface area contributed by atoms with Gasteiger partial charge in [-0.25, -0.2) is 13.4 Å². The number of rotatable bonds is 7. The zero-order chi connectivity index (χ0) is 20.9. The molecular formula is C20H18ClN3O4S. The van der Waals surface area contributed by atoms with Crippen LogP contribution in [-0.2, 0) is 14.8 Å². The maximum absolute atomic E-state index is 12.4. The molecule has 0 radical (unpaired) electrons. The third-order valence-electron chi connectivity index (χ3n) is 3.81. The zero-order valence-corrected chi connectivity index (χ0v) is 16.9. The van der Waals surface area contributed by atoms with Crippen LogP contribution in [0.2, 0.25) is 5.02 Å². The van der Waals surface area contributed by atoms with Gasteiger partial charge in [0.05, 0.1) is 4.90 Å². The van der Waals surface area contributed by atoms with Gasteiger partial charge in [-0.2, -0.15) is 0 Å². The smallest absolute Gasteiger partial charge is 0.265 e. The van der Waals surface area contributed by atoms with Crippen LogP contribution in [0.1, 0.15) is 6.92 Å². The standard InChI is InChI=1S/C20H18ClN3O4S/c1-14(28-17-6-4-5-15(21)13-17)20(25)23-16-8-10-18(11-9-16)29(26,27)24-19-7-2-3-12-22-19/h2-14H,1H3,(H,22,24)(H,23,25)/t14-/m0/s1. The largest absolute Gasteiger partial charge is 0.481 e. The normalized spacial score (nSPS) is 12.1. The molecule has 2 N–H and O–H groups in total. The maximum atomic E-state index is 12.4. The number of ether oxygens (including phenoxy) is 1. The molecule has 29 heavy (non-hydrogen) atoms. The summed E-state index contributed by atoms with van der Waals surface area (Å²) in [5, 5.41) is 3.19. The zero-order valence-electron chi connectivity index (χ0n) is 15.4. The monoisotopic (exact) mass is 431 g/mol. The molecule has 0 unspecified atom stereocenters. The number of nitrogens with zero attached hydrogens (tertiary/aromatic N) is 1. The minimum atomic E-state index is -3.78. The van der Waals surface area contributed by atoms with Crippen LogP contribution in [0.3, 0.4) is 0 Å². The molecule has 1 heterocycles. The van der Waals surface area contributed by atoms with Gasteiger partial charge in [0, 0.05) is 16.9 Å². The number of carbonyl (C=O) groups excluding carboxylic acids is 1. The number of nitrogens with one attached hydrogen (secondary N) is 2. The van der Waals surface area contributed by atoms with Crippen molar-refractivity contribution in [3.8, 4) is 5.75 Å². The lowest BCUT2D eigenvalue weighted by Crippen LogP contribution is -2.30. The summed E-state index contributed by atoms with van der Waals surface area (Å²) >= 11 is 5.90. The Hall–Kier alpha value is -3.10. The fourth-order valence-electron chi connectivity index (χ4n) is 2.38. The highest BCUT2D eigenvalue weighted by Gasteiger charge is 2.17. The molecule has 9 heteroatoms. The van der Waals surface area contributed by atoms with Crippen molar-refractivity contribution >= 4 is 39.0 Å². The molecule has 0 fully saturated rings. The number of hydrogen-bond acceptors (Lipinski definition) is 5. The molecule has 0 aliphatic rings. The molecule has 150 valence electrons. The summed E-state index contributed by atoms with van der Waals surface area (Å²) in [5.74, 6) is 0.311. The summed E-state index contributed by atoms with van der Waals surface area (Å²) < 4.78 is 32.8. The minimum absolute atomic E-state index is 0.0457. The van der Waals surface area contributed by atoms with Gasteiger partial charge in [0.1, 0.15) is 11.6 Å². The van der Waals surface area contributed by atoms with Gasteiger partial charge < -0.3 is 10.1 Å². The molecule has 0 saturated carbocycles. The Kier molecular flexibility index (Phi) is 6.36. The van der Waals surface area contributed by atoms with Crippen molar-refractivity contribution in [2.45, 2.75) is 17.9 Å². The van der Waals surface area contributed by atoms with Crippen molar-refractivity contribution in [1.29, 1.82) is 0 Å². The van der Waals surface area contributed by atoms with Gasteiger partial charge in [0.25, 0.3) is 15.9 Å². The van der Waals surface area contributed by atoms with Gasteiger partial charge in [-0.05, 0) is 61.5 Å². The van der Waals surface area contributed by atoms with E-state index in [0.717, 1.165) is 0 Å². The Morgan fingerprint density at radius 1 is 1.07 bits per heavy atom. The molecule has 0 aliphatic heterocycles. The molecule has 7 nitrogen and oxygen atoms in total. The highest BCUT2D eigenvalue weighted by atomic mass is 35.5. The van der Waals surface area contributed by atoms with Gasteiger partial charge in [-0.1, -0.05) is 23.7 Å². The quantitative estimate of drug-likeness (QED) is 0.590. The minimum Gasteiger partial charge on any atom is -0.481 e. The first-order valence-corrected chi connectivity index (χ1v) is 10.5. The number of sulfonamides is 1. The van der Waals surface area contributed by atoms with E-state index in [9.17, 15) is 13.2 Å². The highest BCUT2D eigenvalue weighted by Crippen LogP contribution is 2.20. The lowest BCUT2D eigenvalue weighted by atomic mass is 10.3. The number of carbonyl (C=O) groups is 1. The van der Waals surface area contributed by atoms with Crippen LogP contribution in [0.25, 0.3) is 0 Å². The number of aromatic nitrogens is 1. The number of anilines is 2. The first kappa shape index (κ1) is 20.6. The third kappa shape index (κ3) is 5.69. The number of hydrogen-bond donors (Lipinski definition) is 2. The third-order valence-corrected chi connectivity index (χ3v) is 5.42. The molecule has 1 amide bonds. The topological polar surface area (TPSA) is 97.4 Å². The lowest BCUT2D eigenvalue weighted by Gasteiger charge is -2.15. The first-order valence-electron chi connectivity index (χ1n) is 8.60. The highest BCUT2D eigenvalue weighted by molar-refractivity contribution is 7.92. The Morgan fingerprint density at radius 2 is 1.83 bits per heavy atom. The van der Waals surface area contributed by atoms with Crippen LogP contribution >= 0.6 is 11.6 Å². The van der Waals surface area contributed by atoms with Crippen molar-refractivity contribution in [3.05, 3.63) is 77.9 Å². The summed E-state index contributed by atoms with van der Waals surface area (Å²) in [7, 11) is -3.78. The average molecular weight is 432 g/mol. The van der Waals surface area contributed by atoms with Gasteiger partial charge in [0.2, 0.25) is 0 Å². The summed E-state index contributed by atoms with van der Waals surface area (Å²) in [5.41, 5.74) is 0.438. The van der Waals surface area contributed by atoms with Crippen LogP contribution in [0.4, 0.5) is 11.5 Å². The Bertz CT molecular complexity index is 1090. The van der Waals surface area contributed by atoms with Crippen LogP contribution in [0.15, 0.2) is 77.8 Å². The van der Waals surface area contributed by atoms with E-state index in [2.05, 4.69) is 15.0 Å². The van der Waals surface area contributed by atoms with E-state index in [1.807, 2.05) is 0 Å². The fourth-order valence-corrected chi connectivity index (χ4v) is 3.57. The molecule has 0 bridgehead atoms. The molecular weight excluding hydrogens is 414 g/mol. The van der Waals surface area contributed by atoms with E-state index in [0.29, 0.717) is 16.5 Å². The number of pyridine rings is 1. The second-order valence-corrected chi connectivity index (χ2v) is 8.17. The number of halogens is 1. The maximum Gasteiger partial charge on any atom is 0.265 e.